The summed E-state index contributed by atoms with van der Waals surface area (Å²) in [5, 5.41) is 4.14. The predicted octanol–water partition coefficient (Wildman–Crippen LogP) is 3.76. The minimum atomic E-state index is -0.589. The van der Waals surface area contributed by atoms with Gasteiger partial charge in [-0.3, -0.25) is 4.79 Å². The fourth-order valence-electron chi connectivity index (χ4n) is 2.71. The van der Waals surface area contributed by atoms with E-state index in [9.17, 15) is 4.79 Å². The van der Waals surface area contributed by atoms with Gasteiger partial charge in [0.25, 0.3) is 0 Å². The van der Waals surface area contributed by atoms with Gasteiger partial charge in [0.1, 0.15) is 0 Å². The molecule has 1 amide bonds. The molecular formula is C19H20N2O. The molecule has 0 aliphatic carbocycles. The molecule has 2 aromatic carbocycles. The third-order valence-electron chi connectivity index (χ3n) is 4.13. The summed E-state index contributed by atoms with van der Waals surface area (Å²) in [5.41, 5.74) is 2.59. The van der Waals surface area contributed by atoms with Crippen LogP contribution in [0, 0.1) is 0 Å². The Morgan fingerprint density at radius 3 is 2.50 bits per heavy atom. The minimum Gasteiger partial charge on any atom is -0.361 e. The first-order valence-electron chi connectivity index (χ1n) is 7.48. The Labute approximate surface area is 130 Å². The molecule has 1 heterocycles. The van der Waals surface area contributed by atoms with E-state index in [1.54, 1.807) is 0 Å². The first-order valence-corrected chi connectivity index (χ1v) is 7.48. The molecule has 0 spiro atoms. The summed E-state index contributed by atoms with van der Waals surface area (Å²) in [6.45, 7) is 4.47. The lowest BCUT2D eigenvalue weighted by molar-refractivity contribution is -0.125. The first kappa shape index (κ1) is 14.4. The SMILES string of the molecule is CC(C)(C(=O)NCc1ccccc1)c1c[nH]c2ccccc12. The van der Waals surface area contributed by atoms with Gasteiger partial charge in [-0.25, -0.2) is 0 Å². The molecule has 0 aliphatic heterocycles. The van der Waals surface area contributed by atoms with Crippen LogP contribution in [0.3, 0.4) is 0 Å². The van der Waals surface area contributed by atoms with Gasteiger partial charge in [0.2, 0.25) is 5.91 Å². The lowest BCUT2D eigenvalue weighted by atomic mass is 9.83. The van der Waals surface area contributed by atoms with E-state index < -0.39 is 5.41 Å². The second kappa shape index (κ2) is 5.68. The van der Waals surface area contributed by atoms with Crippen LogP contribution in [0.5, 0.6) is 0 Å². The van der Waals surface area contributed by atoms with Gasteiger partial charge in [0, 0.05) is 23.6 Å². The van der Waals surface area contributed by atoms with Crippen molar-refractivity contribution in [1.29, 1.82) is 0 Å². The van der Waals surface area contributed by atoms with Gasteiger partial charge in [-0.2, -0.15) is 0 Å². The number of fused-ring (bicyclic) bond motifs is 1. The third-order valence-corrected chi connectivity index (χ3v) is 4.13. The maximum absolute atomic E-state index is 12.7. The van der Waals surface area contributed by atoms with E-state index in [1.165, 1.54) is 0 Å². The number of para-hydroxylation sites is 1. The van der Waals surface area contributed by atoms with Crippen molar-refractivity contribution < 1.29 is 4.79 Å². The highest BCUT2D eigenvalue weighted by Crippen LogP contribution is 2.30. The summed E-state index contributed by atoms with van der Waals surface area (Å²) in [6, 6.07) is 18.0. The molecule has 0 bridgehead atoms. The monoisotopic (exact) mass is 292 g/mol. The Morgan fingerprint density at radius 1 is 1.05 bits per heavy atom. The van der Waals surface area contributed by atoms with Crippen LogP contribution in [0.2, 0.25) is 0 Å². The number of carbonyl (C=O) groups excluding carboxylic acids is 1. The molecule has 0 saturated heterocycles. The molecule has 0 atom stereocenters. The maximum atomic E-state index is 12.7. The van der Waals surface area contributed by atoms with Gasteiger partial charge < -0.3 is 10.3 Å². The lowest BCUT2D eigenvalue weighted by Crippen LogP contribution is -2.39. The average molecular weight is 292 g/mol. The smallest absolute Gasteiger partial charge is 0.230 e. The number of amides is 1. The molecule has 0 radical (unpaired) electrons. The van der Waals surface area contributed by atoms with Crippen molar-refractivity contribution in [2.24, 2.45) is 0 Å². The fourth-order valence-corrected chi connectivity index (χ4v) is 2.71. The van der Waals surface area contributed by atoms with Crippen LogP contribution in [-0.4, -0.2) is 10.9 Å². The highest BCUT2D eigenvalue weighted by molar-refractivity contribution is 5.94. The molecule has 3 rings (SSSR count). The largest absolute Gasteiger partial charge is 0.361 e. The highest BCUT2D eigenvalue weighted by atomic mass is 16.2. The van der Waals surface area contributed by atoms with Crippen molar-refractivity contribution >= 4 is 16.8 Å². The molecule has 3 aromatic rings. The third kappa shape index (κ3) is 2.62. The van der Waals surface area contributed by atoms with Gasteiger partial charge in [-0.1, -0.05) is 48.5 Å². The molecule has 0 saturated carbocycles. The summed E-state index contributed by atoms with van der Waals surface area (Å²) < 4.78 is 0. The van der Waals surface area contributed by atoms with E-state index in [-0.39, 0.29) is 5.91 Å². The van der Waals surface area contributed by atoms with Crippen molar-refractivity contribution in [2.75, 3.05) is 0 Å². The zero-order chi connectivity index (χ0) is 15.6. The Morgan fingerprint density at radius 2 is 1.73 bits per heavy atom. The Balaban J connectivity index is 1.81. The van der Waals surface area contributed by atoms with E-state index in [0.717, 1.165) is 22.0 Å². The Bertz CT molecular complexity index is 787. The molecule has 112 valence electrons. The quantitative estimate of drug-likeness (QED) is 0.755. The number of carbonyl (C=O) groups is 1. The zero-order valence-corrected chi connectivity index (χ0v) is 12.9. The van der Waals surface area contributed by atoms with Crippen LogP contribution in [0.25, 0.3) is 10.9 Å². The summed E-state index contributed by atoms with van der Waals surface area (Å²) in [6.07, 6.45) is 1.94. The van der Waals surface area contributed by atoms with Crippen molar-refractivity contribution in [3.05, 3.63) is 71.9 Å². The van der Waals surface area contributed by atoms with Crippen molar-refractivity contribution in [3.63, 3.8) is 0 Å². The van der Waals surface area contributed by atoms with E-state index in [1.807, 2.05) is 74.6 Å². The number of H-pyrrole nitrogens is 1. The van der Waals surface area contributed by atoms with Gasteiger partial charge in [0.05, 0.1) is 5.41 Å². The van der Waals surface area contributed by atoms with Gasteiger partial charge in [0.15, 0.2) is 0 Å². The number of benzene rings is 2. The molecule has 3 heteroatoms. The minimum absolute atomic E-state index is 0.0288. The van der Waals surface area contributed by atoms with E-state index >= 15 is 0 Å². The standard InChI is InChI=1S/C19H20N2O/c1-19(2,16-13-20-17-11-7-6-10-15(16)17)18(22)21-12-14-8-4-3-5-9-14/h3-11,13,20H,12H2,1-2H3,(H,21,22). The molecule has 3 nitrogen and oxygen atoms in total. The summed E-state index contributed by atoms with van der Waals surface area (Å²) in [4.78, 5) is 15.9. The molecule has 22 heavy (non-hydrogen) atoms. The van der Waals surface area contributed by atoms with Crippen LogP contribution in [0.4, 0.5) is 0 Å². The van der Waals surface area contributed by atoms with Crippen molar-refractivity contribution in [2.45, 2.75) is 25.8 Å². The average Bonchev–Trinajstić information content (AvgIpc) is 2.98. The molecule has 0 fully saturated rings. The van der Waals surface area contributed by atoms with Crippen LogP contribution in [0.15, 0.2) is 60.8 Å². The van der Waals surface area contributed by atoms with Crippen LogP contribution in [0.1, 0.15) is 25.0 Å². The fraction of sp³-hybridized carbons (Fsp3) is 0.211. The van der Waals surface area contributed by atoms with E-state index in [0.29, 0.717) is 6.54 Å². The number of hydrogen-bond donors (Lipinski definition) is 2. The molecular weight excluding hydrogens is 272 g/mol. The van der Waals surface area contributed by atoms with Gasteiger partial charge >= 0.3 is 0 Å². The predicted molar refractivity (Wildman–Crippen MR) is 89.6 cm³/mol. The number of rotatable bonds is 4. The van der Waals surface area contributed by atoms with Crippen LogP contribution >= 0.6 is 0 Å². The number of aromatic nitrogens is 1. The first-order chi connectivity index (χ1) is 10.6. The van der Waals surface area contributed by atoms with E-state index in [2.05, 4.69) is 10.3 Å². The summed E-state index contributed by atoms with van der Waals surface area (Å²) >= 11 is 0. The highest BCUT2D eigenvalue weighted by Gasteiger charge is 2.31. The molecule has 2 N–H and O–H groups in total. The second-order valence-electron chi connectivity index (χ2n) is 6.04. The molecule has 0 aliphatic rings. The lowest BCUT2D eigenvalue weighted by Gasteiger charge is -2.23. The zero-order valence-electron chi connectivity index (χ0n) is 12.9. The van der Waals surface area contributed by atoms with Crippen molar-refractivity contribution in [1.82, 2.24) is 10.3 Å². The maximum Gasteiger partial charge on any atom is 0.230 e. The Kier molecular flexibility index (Phi) is 3.72. The number of aromatic amines is 1. The van der Waals surface area contributed by atoms with Gasteiger partial charge in [-0.15, -0.1) is 0 Å². The normalized spacial score (nSPS) is 11.5. The van der Waals surface area contributed by atoms with Crippen LogP contribution in [-0.2, 0) is 16.8 Å². The topological polar surface area (TPSA) is 44.9 Å². The van der Waals surface area contributed by atoms with Crippen LogP contribution < -0.4 is 5.32 Å². The van der Waals surface area contributed by atoms with Crippen molar-refractivity contribution in [3.8, 4) is 0 Å². The molecule has 1 aromatic heterocycles. The summed E-state index contributed by atoms with van der Waals surface area (Å²) in [7, 11) is 0. The number of hydrogen-bond acceptors (Lipinski definition) is 1. The summed E-state index contributed by atoms with van der Waals surface area (Å²) in [5.74, 6) is 0.0288. The van der Waals surface area contributed by atoms with Gasteiger partial charge in [-0.05, 0) is 31.0 Å². The Hall–Kier alpha value is -2.55. The number of nitrogens with one attached hydrogen (secondary N) is 2. The second-order valence-corrected chi connectivity index (χ2v) is 6.04. The van der Waals surface area contributed by atoms with E-state index in [4.69, 9.17) is 0 Å². The molecule has 0 unspecified atom stereocenters.